The molecule has 0 saturated carbocycles. The Morgan fingerprint density at radius 3 is 2.06 bits per heavy atom. The molecule has 3 aromatic carbocycles. The van der Waals surface area contributed by atoms with Gasteiger partial charge in [0, 0.05) is 18.7 Å². The number of anilines is 1. The van der Waals surface area contributed by atoms with Crippen LogP contribution in [0.15, 0.2) is 90.6 Å². The third kappa shape index (κ3) is 3.82. The summed E-state index contributed by atoms with van der Waals surface area (Å²) in [6, 6.07) is 26.3. The first-order chi connectivity index (χ1) is 15.2. The van der Waals surface area contributed by atoms with E-state index in [4.69, 9.17) is 4.74 Å². The van der Waals surface area contributed by atoms with E-state index in [1.807, 2.05) is 78.6 Å². The van der Waals surface area contributed by atoms with Crippen LogP contribution in [0.4, 0.5) is 5.69 Å². The van der Waals surface area contributed by atoms with Crippen molar-refractivity contribution in [2.45, 2.75) is 13.5 Å². The summed E-state index contributed by atoms with van der Waals surface area (Å²) in [7, 11) is 1.57. The highest BCUT2D eigenvalue weighted by Crippen LogP contribution is 2.38. The van der Waals surface area contributed by atoms with Gasteiger partial charge in [-0.25, -0.2) is 4.90 Å². The molecule has 0 N–H and O–H groups in total. The molecule has 156 valence electrons. The number of para-hydroxylation sites is 2. The SMILES string of the molecule is CCN(Cc1ccccc1)C1=C(c2ccccc2OC)C(=O)N(c2ccccc2)C1=O. The fraction of sp³-hybridized carbons (Fsp3) is 0.154. The molecule has 0 unspecified atom stereocenters. The second-order valence-corrected chi connectivity index (χ2v) is 7.20. The number of carbonyl (C=O) groups is 2. The van der Waals surface area contributed by atoms with E-state index in [1.54, 1.807) is 25.3 Å². The number of methoxy groups -OCH3 is 1. The van der Waals surface area contributed by atoms with E-state index >= 15 is 0 Å². The van der Waals surface area contributed by atoms with Crippen molar-refractivity contribution < 1.29 is 14.3 Å². The van der Waals surface area contributed by atoms with Crippen LogP contribution in [0.1, 0.15) is 18.1 Å². The van der Waals surface area contributed by atoms with Gasteiger partial charge in [-0.1, -0.05) is 66.7 Å². The molecule has 0 atom stereocenters. The molecule has 0 saturated heterocycles. The van der Waals surface area contributed by atoms with Crippen molar-refractivity contribution in [3.8, 4) is 5.75 Å². The van der Waals surface area contributed by atoms with Crippen molar-refractivity contribution in [3.63, 3.8) is 0 Å². The van der Waals surface area contributed by atoms with Crippen molar-refractivity contribution in [3.05, 3.63) is 102 Å². The summed E-state index contributed by atoms with van der Waals surface area (Å²) in [5.74, 6) is -0.112. The molecule has 0 spiro atoms. The van der Waals surface area contributed by atoms with Gasteiger partial charge in [-0.3, -0.25) is 9.59 Å². The van der Waals surface area contributed by atoms with Gasteiger partial charge >= 0.3 is 0 Å². The van der Waals surface area contributed by atoms with E-state index in [0.717, 1.165) is 5.56 Å². The lowest BCUT2D eigenvalue weighted by atomic mass is 10.0. The minimum atomic E-state index is -0.345. The monoisotopic (exact) mass is 412 g/mol. The van der Waals surface area contributed by atoms with E-state index in [9.17, 15) is 9.59 Å². The van der Waals surface area contributed by atoms with Crippen molar-refractivity contribution in [1.29, 1.82) is 0 Å². The third-order valence-electron chi connectivity index (χ3n) is 5.36. The summed E-state index contributed by atoms with van der Waals surface area (Å²) in [6.45, 7) is 3.08. The van der Waals surface area contributed by atoms with Gasteiger partial charge in [0.25, 0.3) is 11.8 Å². The average Bonchev–Trinajstić information content (AvgIpc) is 3.08. The predicted molar refractivity (Wildman–Crippen MR) is 121 cm³/mol. The van der Waals surface area contributed by atoms with E-state index in [-0.39, 0.29) is 11.8 Å². The summed E-state index contributed by atoms with van der Waals surface area (Å²) in [4.78, 5) is 30.5. The van der Waals surface area contributed by atoms with Gasteiger partial charge in [0.1, 0.15) is 11.4 Å². The largest absolute Gasteiger partial charge is 0.496 e. The molecule has 5 heteroatoms. The van der Waals surface area contributed by atoms with Crippen LogP contribution in [-0.2, 0) is 16.1 Å². The molecule has 0 aromatic heterocycles. The van der Waals surface area contributed by atoms with Crippen LogP contribution in [0.5, 0.6) is 5.75 Å². The number of benzene rings is 3. The standard InChI is InChI=1S/C26H24N2O3/c1-3-27(18-19-12-6-4-7-13-19)24-23(21-16-10-11-17-22(21)31-2)25(29)28(26(24)30)20-14-8-5-9-15-20/h4-17H,3,18H2,1-2H3. The minimum absolute atomic E-state index is 0.324. The molecule has 3 aromatic rings. The van der Waals surface area contributed by atoms with Crippen molar-refractivity contribution in [2.24, 2.45) is 0 Å². The Morgan fingerprint density at radius 1 is 0.806 bits per heavy atom. The van der Waals surface area contributed by atoms with Crippen LogP contribution in [-0.4, -0.2) is 30.4 Å². The molecule has 0 aliphatic carbocycles. The number of hydrogen-bond donors (Lipinski definition) is 0. The van der Waals surface area contributed by atoms with E-state index < -0.39 is 0 Å². The number of hydrogen-bond acceptors (Lipinski definition) is 4. The number of carbonyl (C=O) groups excluding carboxylic acids is 2. The first kappa shape index (κ1) is 20.4. The molecular formula is C26H24N2O3. The van der Waals surface area contributed by atoms with Crippen LogP contribution < -0.4 is 9.64 Å². The van der Waals surface area contributed by atoms with E-state index in [0.29, 0.717) is 41.4 Å². The zero-order valence-corrected chi connectivity index (χ0v) is 17.6. The molecule has 31 heavy (non-hydrogen) atoms. The lowest BCUT2D eigenvalue weighted by Crippen LogP contribution is -2.35. The van der Waals surface area contributed by atoms with E-state index in [1.165, 1.54) is 4.90 Å². The first-order valence-electron chi connectivity index (χ1n) is 10.3. The number of imide groups is 1. The first-order valence-corrected chi connectivity index (χ1v) is 10.3. The molecule has 0 fully saturated rings. The van der Waals surface area contributed by atoms with Gasteiger partial charge < -0.3 is 9.64 Å². The number of nitrogens with zero attached hydrogens (tertiary/aromatic N) is 2. The maximum atomic E-state index is 13.7. The van der Waals surface area contributed by atoms with Crippen LogP contribution in [0, 0.1) is 0 Å². The topological polar surface area (TPSA) is 49.9 Å². The molecule has 0 radical (unpaired) electrons. The molecule has 1 aliphatic heterocycles. The van der Waals surface area contributed by atoms with Gasteiger partial charge in [0.15, 0.2) is 0 Å². The summed E-state index contributed by atoms with van der Waals surface area (Å²) in [5, 5.41) is 0. The van der Waals surface area contributed by atoms with Crippen molar-refractivity contribution in [1.82, 2.24) is 4.90 Å². The highest BCUT2D eigenvalue weighted by atomic mass is 16.5. The highest BCUT2D eigenvalue weighted by molar-refractivity contribution is 6.45. The number of ether oxygens (including phenoxy) is 1. The van der Waals surface area contributed by atoms with Gasteiger partial charge in [-0.2, -0.15) is 0 Å². The summed E-state index contributed by atoms with van der Waals surface area (Å²) >= 11 is 0. The normalized spacial score (nSPS) is 13.7. The van der Waals surface area contributed by atoms with Crippen molar-refractivity contribution in [2.75, 3.05) is 18.6 Å². The summed E-state index contributed by atoms with van der Waals surface area (Å²) in [5.41, 5.74) is 2.99. The van der Waals surface area contributed by atoms with Crippen LogP contribution in [0.3, 0.4) is 0 Å². The molecular weight excluding hydrogens is 388 g/mol. The maximum Gasteiger partial charge on any atom is 0.282 e. The Morgan fingerprint density at radius 2 is 1.42 bits per heavy atom. The molecule has 1 aliphatic rings. The molecule has 2 amide bonds. The van der Waals surface area contributed by atoms with Crippen LogP contribution >= 0.6 is 0 Å². The van der Waals surface area contributed by atoms with Gasteiger partial charge in [-0.05, 0) is 30.7 Å². The maximum absolute atomic E-state index is 13.7. The lowest BCUT2D eigenvalue weighted by molar-refractivity contribution is -0.120. The summed E-state index contributed by atoms with van der Waals surface area (Å²) < 4.78 is 5.53. The molecule has 0 bridgehead atoms. The highest BCUT2D eigenvalue weighted by Gasteiger charge is 2.43. The second kappa shape index (κ2) is 8.88. The Labute approximate surface area is 182 Å². The fourth-order valence-corrected chi connectivity index (χ4v) is 3.87. The third-order valence-corrected chi connectivity index (χ3v) is 5.36. The predicted octanol–water partition coefficient (Wildman–Crippen LogP) is 4.50. The van der Waals surface area contributed by atoms with Crippen molar-refractivity contribution >= 4 is 23.1 Å². The van der Waals surface area contributed by atoms with Gasteiger partial charge in [0.2, 0.25) is 0 Å². The zero-order valence-electron chi connectivity index (χ0n) is 17.6. The molecule has 5 nitrogen and oxygen atoms in total. The second-order valence-electron chi connectivity index (χ2n) is 7.20. The number of rotatable bonds is 7. The zero-order chi connectivity index (χ0) is 21.8. The number of likely N-dealkylation sites (N-methyl/N-ethyl adjacent to an activating group) is 1. The van der Waals surface area contributed by atoms with Crippen LogP contribution in [0.2, 0.25) is 0 Å². The average molecular weight is 412 g/mol. The van der Waals surface area contributed by atoms with Crippen LogP contribution in [0.25, 0.3) is 5.57 Å². The summed E-state index contributed by atoms with van der Waals surface area (Å²) in [6.07, 6.45) is 0. The molecule has 4 rings (SSSR count). The quantitative estimate of drug-likeness (QED) is 0.536. The van der Waals surface area contributed by atoms with Gasteiger partial charge in [-0.15, -0.1) is 0 Å². The molecule has 1 heterocycles. The van der Waals surface area contributed by atoms with E-state index in [2.05, 4.69) is 0 Å². The number of amides is 2. The Kier molecular flexibility index (Phi) is 5.85. The minimum Gasteiger partial charge on any atom is -0.496 e. The Bertz CT molecular complexity index is 1120. The Hall–Kier alpha value is -3.86. The fourth-order valence-electron chi connectivity index (χ4n) is 3.87. The Balaban J connectivity index is 1.87. The smallest absolute Gasteiger partial charge is 0.282 e. The van der Waals surface area contributed by atoms with Gasteiger partial charge in [0.05, 0.1) is 18.4 Å². The lowest BCUT2D eigenvalue weighted by Gasteiger charge is -2.25.